The molecule has 3 aromatic rings. The van der Waals surface area contributed by atoms with Crippen LogP contribution in [0.25, 0.3) is 0 Å². The minimum atomic E-state index is -0.116. The minimum absolute atomic E-state index is 0.0960. The van der Waals surface area contributed by atoms with Gasteiger partial charge >= 0.3 is 6.03 Å². The number of carbonyl (C=O) groups excluding carboxylic acids is 1. The van der Waals surface area contributed by atoms with Crippen LogP contribution in [0.2, 0.25) is 10.0 Å². The Morgan fingerprint density at radius 1 is 1.12 bits per heavy atom. The zero-order valence-electron chi connectivity index (χ0n) is 17.4. The van der Waals surface area contributed by atoms with E-state index in [9.17, 15) is 4.79 Å². The van der Waals surface area contributed by atoms with E-state index in [0.717, 1.165) is 35.5 Å². The van der Waals surface area contributed by atoms with Crippen LogP contribution >= 0.6 is 23.2 Å². The van der Waals surface area contributed by atoms with Crippen molar-refractivity contribution >= 4 is 29.2 Å². The monoisotopic (exact) mass is 471 g/mol. The van der Waals surface area contributed by atoms with Crippen molar-refractivity contribution in [1.82, 2.24) is 25.0 Å². The molecule has 166 valence electrons. The van der Waals surface area contributed by atoms with Gasteiger partial charge in [-0.25, -0.2) is 14.5 Å². The summed E-state index contributed by atoms with van der Waals surface area (Å²) in [6, 6.07) is 12.9. The molecule has 1 aromatic heterocycles. The number of hydrogen-bond donors (Lipinski definition) is 1. The number of fused-ring (bicyclic) bond motifs is 1. The summed E-state index contributed by atoms with van der Waals surface area (Å²) in [5.41, 5.74) is 2.03. The van der Waals surface area contributed by atoms with Crippen LogP contribution in [0.1, 0.15) is 48.3 Å². The van der Waals surface area contributed by atoms with E-state index in [-0.39, 0.29) is 18.1 Å². The maximum atomic E-state index is 13.3. The van der Waals surface area contributed by atoms with E-state index < -0.39 is 0 Å². The molecule has 3 heterocycles. The number of hydrogen-bond acceptors (Lipinski definition) is 4. The fraction of sp³-hybridized carbons (Fsp3) is 0.348. The number of amides is 2. The van der Waals surface area contributed by atoms with E-state index in [2.05, 4.69) is 15.4 Å². The molecule has 0 aliphatic carbocycles. The molecule has 0 bridgehead atoms. The zero-order valence-corrected chi connectivity index (χ0v) is 18.9. The molecule has 2 atom stereocenters. The number of ether oxygens (including phenoxy) is 1. The lowest BCUT2D eigenvalue weighted by atomic mass is 10.0. The Labute approximate surface area is 196 Å². The second-order valence-electron chi connectivity index (χ2n) is 8.08. The maximum absolute atomic E-state index is 13.3. The largest absolute Gasteiger partial charge is 0.493 e. The third-order valence-corrected chi connectivity index (χ3v) is 6.50. The highest BCUT2D eigenvalue weighted by Crippen LogP contribution is 2.36. The normalized spacial score (nSPS) is 20.0. The van der Waals surface area contributed by atoms with Gasteiger partial charge in [0.15, 0.2) is 0 Å². The average Bonchev–Trinajstić information content (AvgIpc) is 3.44. The lowest BCUT2D eigenvalue weighted by Crippen LogP contribution is -2.43. The summed E-state index contributed by atoms with van der Waals surface area (Å²) < 4.78 is 7.59. The van der Waals surface area contributed by atoms with Gasteiger partial charge in [0.1, 0.15) is 17.9 Å². The summed E-state index contributed by atoms with van der Waals surface area (Å²) in [6.45, 7) is 1.80. The van der Waals surface area contributed by atoms with Gasteiger partial charge in [0, 0.05) is 28.6 Å². The lowest BCUT2D eigenvalue weighted by Gasteiger charge is -2.30. The standard InChI is InChI=1S/C23H23Cl2N5O2/c24-16-5-3-15(4-6-16)13-30-22(26-14-27-30)20-2-1-10-29(20)23(31)28-19-9-11-32-21-12-17(25)7-8-18(19)21/h3-8,12,14,19-20H,1-2,9-11,13H2,(H,28,31)/t19-,20+/m0/s1. The molecule has 1 saturated heterocycles. The second-order valence-corrected chi connectivity index (χ2v) is 8.95. The number of nitrogens with one attached hydrogen (secondary N) is 1. The molecule has 5 rings (SSSR count). The molecule has 32 heavy (non-hydrogen) atoms. The Bertz CT molecular complexity index is 1120. The van der Waals surface area contributed by atoms with E-state index in [1.54, 1.807) is 12.4 Å². The highest BCUT2D eigenvalue weighted by atomic mass is 35.5. The Hall–Kier alpha value is -2.77. The van der Waals surface area contributed by atoms with Crippen LogP contribution in [0.4, 0.5) is 4.79 Å². The van der Waals surface area contributed by atoms with Crippen LogP contribution in [0.3, 0.4) is 0 Å². The SMILES string of the molecule is O=C(N[C@H]1CCOc2cc(Cl)ccc21)N1CCC[C@@H]1c1ncnn1Cc1ccc(Cl)cc1. The quantitative estimate of drug-likeness (QED) is 0.580. The van der Waals surface area contributed by atoms with Crippen molar-refractivity contribution in [3.63, 3.8) is 0 Å². The maximum Gasteiger partial charge on any atom is 0.318 e. The van der Waals surface area contributed by atoms with Gasteiger partial charge in [0.25, 0.3) is 0 Å². The van der Waals surface area contributed by atoms with Gasteiger partial charge in [0.05, 0.1) is 25.2 Å². The predicted octanol–water partition coefficient (Wildman–Crippen LogP) is 5.00. The number of nitrogens with zero attached hydrogens (tertiary/aromatic N) is 4. The summed E-state index contributed by atoms with van der Waals surface area (Å²) in [7, 11) is 0. The van der Waals surface area contributed by atoms with Crippen LogP contribution in [0, 0.1) is 0 Å². The van der Waals surface area contributed by atoms with Crippen molar-refractivity contribution in [3.8, 4) is 5.75 Å². The number of halogens is 2. The molecule has 0 spiro atoms. The summed E-state index contributed by atoms with van der Waals surface area (Å²) >= 11 is 12.1. The molecule has 1 N–H and O–H groups in total. The number of benzene rings is 2. The summed E-state index contributed by atoms with van der Waals surface area (Å²) in [6.07, 6.45) is 4.04. The highest BCUT2D eigenvalue weighted by molar-refractivity contribution is 6.30. The first kappa shape index (κ1) is 21.1. The number of urea groups is 1. The van der Waals surface area contributed by atoms with Crippen LogP contribution in [0.15, 0.2) is 48.8 Å². The zero-order chi connectivity index (χ0) is 22.1. The third kappa shape index (κ3) is 4.27. The summed E-state index contributed by atoms with van der Waals surface area (Å²) in [5, 5.41) is 8.92. The molecule has 0 radical (unpaired) electrons. The highest BCUT2D eigenvalue weighted by Gasteiger charge is 2.35. The first-order valence-corrected chi connectivity index (χ1v) is 11.5. The van der Waals surface area contributed by atoms with Gasteiger partial charge in [0.2, 0.25) is 0 Å². The first-order chi connectivity index (χ1) is 15.6. The third-order valence-electron chi connectivity index (χ3n) is 6.02. The Morgan fingerprint density at radius 2 is 1.94 bits per heavy atom. The van der Waals surface area contributed by atoms with Gasteiger partial charge in [-0.1, -0.05) is 41.4 Å². The summed E-state index contributed by atoms with van der Waals surface area (Å²) in [4.78, 5) is 19.7. The van der Waals surface area contributed by atoms with Gasteiger partial charge in [-0.3, -0.25) is 0 Å². The molecule has 0 saturated carbocycles. The van der Waals surface area contributed by atoms with Crippen molar-refractivity contribution < 1.29 is 9.53 Å². The fourth-order valence-corrected chi connectivity index (χ4v) is 4.73. The van der Waals surface area contributed by atoms with Crippen molar-refractivity contribution in [2.24, 2.45) is 0 Å². The number of rotatable bonds is 4. The van der Waals surface area contributed by atoms with Crippen LogP contribution < -0.4 is 10.1 Å². The topological polar surface area (TPSA) is 72.3 Å². The van der Waals surface area contributed by atoms with Crippen LogP contribution in [0.5, 0.6) is 5.75 Å². The average molecular weight is 472 g/mol. The van der Waals surface area contributed by atoms with Crippen LogP contribution in [-0.2, 0) is 6.54 Å². The van der Waals surface area contributed by atoms with E-state index in [4.69, 9.17) is 27.9 Å². The van der Waals surface area contributed by atoms with E-state index in [0.29, 0.717) is 36.2 Å². The number of aromatic nitrogens is 3. The minimum Gasteiger partial charge on any atom is -0.493 e. The summed E-state index contributed by atoms with van der Waals surface area (Å²) in [5.74, 6) is 1.53. The predicted molar refractivity (Wildman–Crippen MR) is 122 cm³/mol. The first-order valence-electron chi connectivity index (χ1n) is 10.7. The molecule has 9 heteroatoms. The van der Waals surface area contributed by atoms with Crippen molar-refractivity contribution in [1.29, 1.82) is 0 Å². The van der Waals surface area contributed by atoms with Gasteiger partial charge < -0.3 is 15.0 Å². The number of likely N-dealkylation sites (tertiary alicyclic amines) is 1. The Balaban J connectivity index is 1.32. The van der Waals surface area contributed by atoms with Gasteiger partial charge in [-0.15, -0.1) is 0 Å². The Morgan fingerprint density at radius 3 is 2.78 bits per heavy atom. The van der Waals surface area contributed by atoms with Crippen LogP contribution in [-0.4, -0.2) is 38.8 Å². The molecular formula is C23H23Cl2N5O2. The Kier molecular flexibility index (Phi) is 5.93. The molecule has 7 nitrogen and oxygen atoms in total. The molecule has 2 aromatic carbocycles. The molecule has 2 amide bonds. The smallest absolute Gasteiger partial charge is 0.318 e. The fourth-order valence-electron chi connectivity index (χ4n) is 4.44. The van der Waals surface area contributed by atoms with Crippen molar-refractivity contribution in [2.45, 2.75) is 37.9 Å². The molecular weight excluding hydrogens is 449 g/mol. The van der Waals surface area contributed by atoms with Gasteiger partial charge in [-0.05, 0) is 42.7 Å². The van der Waals surface area contributed by atoms with E-state index in [1.165, 1.54) is 0 Å². The lowest BCUT2D eigenvalue weighted by molar-refractivity contribution is 0.179. The van der Waals surface area contributed by atoms with Crippen molar-refractivity contribution in [3.05, 3.63) is 75.8 Å². The molecule has 2 aliphatic heterocycles. The molecule has 2 aliphatic rings. The second kappa shape index (κ2) is 9.00. The van der Waals surface area contributed by atoms with E-state index >= 15 is 0 Å². The van der Waals surface area contributed by atoms with Crippen molar-refractivity contribution in [2.75, 3.05) is 13.2 Å². The van der Waals surface area contributed by atoms with Gasteiger partial charge in [-0.2, -0.15) is 5.10 Å². The molecule has 1 fully saturated rings. The van der Waals surface area contributed by atoms with E-state index in [1.807, 2.05) is 46.0 Å². The molecule has 0 unspecified atom stereocenters. The number of carbonyl (C=O) groups is 1.